The van der Waals surface area contributed by atoms with Gasteiger partial charge in [-0.2, -0.15) is 0 Å². The predicted molar refractivity (Wildman–Crippen MR) is 116 cm³/mol. The molecule has 2 aromatic carbocycles. The van der Waals surface area contributed by atoms with Gasteiger partial charge in [-0.15, -0.1) is 5.10 Å². The van der Waals surface area contributed by atoms with Crippen LogP contribution >= 0.6 is 0 Å². The van der Waals surface area contributed by atoms with Crippen LogP contribution in [0.25, 0.3) is 5.69 Å². The molecule has 8 heteroatoms. The molecule has 3 aromatic rings. The molecule has 1 fully saturated rings. The van der Waals surface area contributed by atoms with E-state index in [1.807, 2.05) is 18.2 Å². The fourth-order valence-electron chi connectivity index (χ4n) is 4.03. The number of hydrogen-bond acceptors (Lipinski definition) is 5. The molecule has 0 unspecified atom stereocenters. The van der Waals surface area contributed by atoms with Crippen molar-refractivity contribution in [3.8, 4) is 5.69 Å². The van der Waals surface area contributed by atoms with E-state index in [-0.39, 0.29) is 4.90 Å². The van der Waals surface area contributed by atoms with Crippen LogP contribution in [0.5, 0.6) is 0 Å². The van der Waals surface area contributed by atoms with Gasteiger partial charge < -0.3 is 0 Å². The summed E-state index contributed by atoms with van der Waals surface area (Å²) in [6.45, 7) is 0.689. The summed E-state index contributed by atoms with van der Waals surface area (Å²) in [5, 5.41) is 9.99. The molecule has 0 amide bonds. The van der Waals surface area contributed by atoms with Crippen LogP contribution in [0.1, 0.15) is 42.9 Å². The fraction of sp³-hybridized carbons (Fsp3) is 0.364. The van der Waals surface area contributed by atoms with E-state index >= 15 is 0 Å². The number of nitrogens with two attached hydrogens (primary N) is 1. The van der Waals surface area contributed by atoms with Crippen molar-refractivity contribution in [2.24, 2.45) is 5.14 Å². The Kier molecular flexibility index (Phi) is 5.99. The van der Waals surface area contributed by atoms with Crippen LogP contribution in [0.15, 0.2) is 59.5 Å². The summed E-state index contributed by atoms with van der Waals surface area (Å²) in [5.74, 6) is 1.59. The Bertz CT molecular complexity index is 1090. The number of primary sulfonamides is 1. The van der Waals surface area contributed by atoms with E-state index in [4.69, 9.17) is 15.2 Å². The molecule has 1 saturated carbocycles. The minimum Gasteiger partial charge on any atom is -0.296 e. The summed E-state index contributed by atoms with van der Waals surface area (Å²) in [7, 11) is -1.60. The maximum Gasteiger partial charge on any atom is 0.238 e. The van der Waals surface area contributed by atoms with Gasteiger partial charge in [-0.1, -0.05) is 43.2 Å². The summed E-state index contributed by atoms with van der Waals surface area (Å²) in [5.41, 5.74) is 1.90. The highest BCUT2D eigenvalue weighted by atomic mass is 32.2. The van der Waals surface area contributed by atoms with Gasteiger partial charge >= 0.3 is 0 Å². The molecular weight excluding hydrogens is 398 g/mol. The molecule has 0 bridgehead atoms. The molecule has 0 radical (unpaired) electrons. The predicted octanol–water partition coefficient (Wildman–Crippen LogP) is 2.88. The van der Waals surface area contributed by atoms with Gasteiger partial charge in [-0.3, -0.25) is 4.90 Å². The van der Waals surface area contributed by atoms with Crippen LogP contribution in [-0.2, 0) is 23.0 Å². The van der Waals surface area contributed by atoms with Crippen molar-refractivity contribution >= 4 is 10.0 Å². The first-order valence-electron chi connectivity index (χ1n) is 10.2. The van der Waals surface area contributed by atoms with Gasteiger partial charge in [0.25, 0.3) is 0 Å². The molecule has 1 aromatic heterocycles. The molecule has 2 N–H and O–H groups in total. The average Bonchev–Trinajstić information content (AvgIpc) is 3.39. The van der Waals surface area contributed by atoms with E-state index in [1.165, 1.54) is 37.8 Å². The first kappa shape index (κ1) is 20.7. The molecule has 1 aliphatic carbocycles. The lowest BCUT2D eigenvalue weighted by Gasteiger charge is -2.22. The minimum atomic E-state index is -3.73. The quantitative estimate of drug-likeness (QED) is 0.628. The molecule has 158 valence electrons. The molecule has 0 spiro atoms. The molecular formula is C22H27N5O2S. The van der Waals surface area contributed by atoms with Crippen molar-refractivity contribution in [2.45, 2.75) is 49.6 Å². The number of hydrogen-bond donors (Lipinski definition) is 1. The summed E-state index contributed by atoms with van der Waals surface area (Å²) < 4.78 is 25.0. The van der Waals surface area contributed by atoms with E-state index < -0.39 is 10.0 Å². The summed E-state index contributed by atoms with van der Waals surface area (Å²) in [6.07, 6.45) is 5.66. The second-order valence-corrected chi connectivity index (χ2v) is 9.47. The number of rotatable bonds is 7. The summed E-state index contributed by atoms with van der Waals surface area (Å²) in [4.78, 5) is 7.25. The highest BCUT2D eigenvalue weighted by molar-refractivity contribution is 7.89. The summed E-state index contributed by atoms with van der Waals surface area (Å²) in [6, 6.07) is 17.1. The SMILES string of the molecule is CN(Cc1nc(Cc2ccccc2)n(-c2ccc(S(N)(=O)=O)cc2)n1)C1CCCC1. The zero-order chi connectivity index (χ0) is 21.1. The van der Waals surface area contributed by atoms with Crippen molar-refractivity contribution in [3.63, 3.8) is 0 Å². The molecule has 7 nitrogen and oxygen atoms in total. The molecule has 0 atom stereocenters. The van der Waals surface area contributed by atoms with Crippen LogP contribution in [0.2, 0.25) is 0 Å². The van der Waals surface area contributed by atoms with Crippen LogP contribution < -0.4 is 5.14 Å². The van der Waals surface area contributed by atoms with Crippen molar-refractivity contribution < 1.29 is 8.42 Å². The Morgan fingerprint density at radius 1 is 1.07 bits per heavy atom. The van der Waals surface area contributed by atoms with Crippen LogP contribution in [0.3, 0.4) is 0 Å². The number of benzene rings is 2. The van der Waals surface area contributed by atoms with E-state index in [0.717, 1.165) is 22.9 Å². The maximum absolute atomic E-state index is 11.6. The molecule has 0 saturated heterocycles. The Morgan fingerprint density at radius 2 is 1.73 bits per heavy atom. The van der Waals surface area contributed by atoms with Gasteiger partial charge in [0.1, 0.15) is 5.82 Å². The van der Waals surface area contributed by atoms with E-state index in [2.05, 4.69) is 24.1 Å². The Balaban J connectivity index is 1.65. The Labute approximate surface area is 177 Å². The first-order valence-corrected chi connectivity index (χ1v) is 11.8. The third kappa shape index (κ3) is 4.77. The topological polar surface area (TPSA) is 94.1 Å². The second-order valence-electron chi connectivity index (χ2n) is 7.91. The van der Waals surface area contributed by atoms with Crippen LogP contribution in [-0.4, -0.2) is 41.2 Å². The normalized spacial score (nSPS) is 15.2. The van der Waals surface area contributed by atoms with Crippen LogP contribution in [0.4, 0.5) is 0 Å². The smallest absolute Gasteiger partial charge is 0.238 e. The zero-order valence-electron chi connectivity index (χ0n) is 17.1. The lowest BCUT2D eigenvalue weighted by atomic mass is 10.1. The standard InChI is InChI=1S/C22H27N5O2S/c1-26(18-9-5-6-10-18)16-21-24-22(15-17-7-3-2-4-8-17)27(25-21)19-11-13-20(14-12-19)30(23,28)29/h2-4,7-8,11-14,18H,5-6,9-10,15-16H2,1H3,(H2,23,28,29). The van der Waals surface area contributed by atoms with Gasteiger partial charge in [-0.25, -0.2) is 23.2 Å². The van der Waals surface area contributed by atoms with Gasteiger partial charge in [-0.05, 0) is 49.7 Å². The fourth-order valence-corrected chi connectivity index (χ4v) is 4.55. The minimum absolute atomic E-state index is 0.0807. The molecule has 1 aliphatic rings. The van der Waals surface area contributed by atoms with Gasteiger partial charge in [0.15, 0.2) is 5.82 Å². The van der Waals surface area contributed by atoms with E-state index in [1.54, 1.807) is 16.8 Å². The van der Waals surface area contributed by atoms with Crippen LogP contribution in [0, 0.1) is 0 Å². The second kappa shape index (κ2) is 8.67. The van der Waals surface area contributed by atoms with Crippen molar-refractivity contribution in [1.82, 2.24) is 19.7 Å². The van der Waals surface area contributed by atoms with Gasteiger partial charge in [0.05, 0.1) is 17.1 Å². The maximum atomic E-state index is 11.6. The molecule has 4 rings (SSSR count). The lowest BCUT2D eigenvalue weighted by Crippen LogP contribution is -2.29. The van der Waals surface area contributed by atoms with Crippen molar-refractivity contribution in [3.05, 3.63) is 71.8 Å². The Morgan fingerprint density at radius 3 is 2.37 bits per heavy atom. The average molecular weight is 426 g/mol. The highest BCUT2D eigenvalue weighted by Crippen LogP contribution is 2.24. The highest BCUT2D eigenvalue weighted by Gasteiger charge is 2.22. The Hall–Kier alpha value is -2.55. The number of nitrogens with zero attached hydrogens (tertiary/aromatic N) is 4. The van der Waals surface area contributed by atoms with Gasteiger partial charge in [0.2, 0.25) is 10.0 Å². The largest absolute Gasteiger partial charge is 0.296 e. The third-order valence-electron chi connectivity index (χ3n) is 5.67. The van der Waals surface area contributed by atoms with E-state index in [9.17, 15) is 8.42 Å². The lowest BCUT2D eigenvalue weighted by molar-refractivity contribution is 0.232. The third-order valence-corrected chi connectivity index (χ3v) is 6.60. The number of aromatic nitrogens is 3. The zero-order valence-corrected chi connectivity index (χ0v) is 17.9. The molecule has 30 heavy (non-hydrogen) atoms. The number of sulfonamides is 1. The molecule has 0 aliphatic heterocycles. The monoisotopic (exact) mass is 425 g/mol. The van der Waals surface area contributed by atoms with Gasteiger partial charge in [0, 0.05) is 12.5 Å². The first-order chi connectivity index (χ1) is 14.4. The van der Waals surface area contributed by atoms with Crippen molar-refractivity contribution in [1.29, 1.82) is 0 Å². The summed E-state index contributed by atoms with van der Waals surface area (Å²) >= 11 is 0. The van der Waals surface area contributed by atoms with Crippen molar-refractivity contribution in [2.75, 3.05) is 7.05 Å². The van der Waals surface area contributed by atoms with E-state index in [0.29, 0.717) is 19.0 Å². The molecule has 1 heterocycles.